The molecule has 1 saturated heterocycles. The number of benzene rings is 3. The Kier molecular flexibility index (Phi) is 7.63. The maximum Gasteiger partial charge on any atom is 0.335 e. The van der Waals surface area contributed by atoms with Crippen LogP contribution in [0.15, 0.2) is 71.5 Å². The number of ether oxygens (including phenoxy) is 2. The number of hydrogen-bond acceptors (Lipinski definition) is 6. The first-order valence-electron chi connectivity index (χ1n) is 13.6. The Morgan fingerprint density at radius 3 is 2.48 bits per heavy atom. The molecule has 2 aromatic heterocycles. The second-order valence-corrected chi connectivity index (χ2v) is 10.2. The Labute approximate surface area is 247 Å². The number of halogens is 3. The van der Waals surface area contributed by atoms with E-state index >= 15 is 8.78 Å². The molecule has 0 radical (unpaired) electrons. The van der Waals surface area contributed by atoms with Gasteiger partial charge in [0.1, 0.15) is 24.1 Å². The number of carboxylic acids is 1. The highest BCUT2D eigenvalue weighted by atomic mass is 19.1. The second-order valence-electron chi connectivity index (χ2n) is 10.2. The van der Waals surface area contributed by atoms with Gasteiger partial charge in [0.25, 0.3) is 5.56 Å². The van der Waals surface area contributed by atoms with E-state index in [4.69, 9.17) is 14.7 Å². The molecule has 6 rings (SSSR count). The van der Waals surface area contributed by atoms with E-state index in [-0.39, 0.29) is 64.0 Å². The van der Waals surface area contributed by atoms with E-state index in [9.17, 15) is 19.1 Å². The SMILES string of the molecule is N#Cc1ccc(COc2cccc(-c3cc(F)c(Cn4c(=O)c5ccc(C(=O)O)cc5n4CC4CCO4)c(F)c3)n2)c(F)c1. The van der Waals surface area contributed by atoms with Crippen molar-refractivity contribution in [3.8, 4) is 23.2 Å². The van der Waals surface area contributed by atoms with Gasteiger partial charge in [0.2, 0.25) is 5.88 Å². The lowest BCUT2D eigenvalue weighted by atomic mass is 10.1. The number of aromatic nitrogens is 3. The van der Waals surface area contributed by atoms with Crippen molar-refractivity contribution in [1.82, 2.24) is 14.3 Å². The molecule has 0 spiro atoms. The summed E-state index contributed by atoms with van der Waals surface area (Å²) >= 11 is 0. The van der Waals surface area contributed by atoms with Gasteiger partial charge in [-0.3, -0.25) is 9.48 Å². The molecule has 1 unspecified atom stereocenters. The van der Waals surface area contributed by atoms with Gasteiger partial charge in [-0.15, -0.1) is 0 Å². The molecule has 0 bridgehead atoms. The number of nitriles is 1. The van der Waals surface area contributed by atoms with Crippen molar-refractivity contribution in [2.75, 3.05) is 6.61 Å². The highest BCUT2D eigenvalue weighted by Crippen LogP contribution is 2.27. The number of pyridine rings is 1. The molecule has 1 fully saturated rings. The summed E-state index contributed by atoms with van der Waals surface area (Å²) in [4.78, 5) is 29.2. The third kappa shape index (κ3) is 5.52. The lowest BCUT2D eigenvalue weighted by molar-refractivity contribution is -0.0618. The lowest BCUT2D eigenvalue weighted by Gasteiger charge is -2.28. The van der Waals surface area contributed by atoms with E-state index in [0.29, 0.717) is 12.1 Å². The number of fused-ring (bicyclic) bond motifs is 1. The van der Waals surface area contributed by atoms with Crippen molar-refractivity contribution in [3.63, 3.8) is 0 Å². The maximum absolute atomic E-state index is 15.5. The number of hydrogen-bond donors (Lipinski definition) is 1. The Balaban J connectivity index is 1.29. The zero-order chi connectivity index (χ0) is 31.0. The van der Waals surface area contributed by atoms with E-state index in [1.807, 2.05) is 6.07 Å². The maximum atomic E-state index is 15.5. The molecule has 12 heteroatoms. The van der Waals surface area contributed by atoms with Gasteiger partial charge in [-0.05, 0) is 55.0 Å². The molecule has 0 amide bonds. The van der Waals surface area contributed by atoms with Crippen LogP contribution in [-0.4, -0.2) is 38.1 Å². The lowest BCUT2D eigenvalue weighted by Crippen LogP contribution is -2.35. The monoisotopic (exact) mass is 600 g/mol. The molecular weight excluding hydrogens is 577 g/mol. The van der Waals surface area contributed by atoms with Gasteiger partial charge in [0.15, 0.2) is 0 Å². The fourth-order valence-electron chi connectivity index (χ4n) is 5.01. The topological polar surface area (TPSA) is 119 Å². The number of rotatable bonds is 9. The van der Waals surface area contributed by atoms with Gasteiger partial charge in [-0.1, -0.05) is 12.1 Å². The largest absolute Gasteiger partial charge is 0.478 e. The Hall–Kier alpha value is -5.41. The summed E-state index contributed by atoms with van der Waals surface area (Å²) in [5.74, 6) is -3.52. The summed E-state index contributed by atoms with van der Waals surface area (Å²) in [5, 5.41) is 18.6. The van der Waals surface area contributed by atoms with Crippen molar-refractivity contribution < 1.29 is 32.5 Å². The van der Waals surface area contributed by atoms with Gasteiger partial charge < -0.3 is 14.6 Å². The average Bonchev–Trinajstić information content (AvgIpc) is 3.25. The molecule has 1 aliphatic rings. The van der Waals surface area contributed by atoms with Gasteiger partial charge in [-0.25, -0.2) is 27.6 Å². The molecule has 1 aliphatic heterocycles. The highest BCUT2D eigenvalue weighted by Gasteiger charge is 2.25. The van der Waals surface area contributed by atoms with Crippen LogP contribution in [0.5, 0.6) is 5.88 Å². The van der Waals surface area contributed by atoms with Crippen LogP contribution in [0.25, 0.3) is 22.2 Å². The fourth-order valence-corrected chi connectivity index (χ4v) is 5.01. The molecule has 222 valence electrons. The van der Waals surface area contributed by atoms with Gasteiger partial charge >= 0.3 is 5.97 Å². The van der Waals surface area contributed by atoms with Crippen molar-refractivity contribution in [1.29, 1.82) is 5.26 Å². The Bertz CT molecular complexity index is 2000. The van der Waals surface area contributed by atoms with E-state index in [1.54, 1.807) is 6.07 Å². The number of nitrogens with zero attached hydrogens (tertiary/aromatic N) is 4. The van der Waals surface area contributed by atoms with Crippen molar-refractivity contribution in [2.24, 2.45) is 0 Å². The third-order valence-electron chi connectivity index (χ3n) is 7.47. The minimum absolute atomic E-state index is 0.0274. The van der Waals surface area contributed by atoms with Gasteiger partial charge in [-0.2, -0.15) is 5.26 Å². The summed E-state index contributed by atoms with van der Waals surface area (Å²) in [6.07, 6.45) is 0.498. The molecule has 3 aromatic carbocycles. The van der Waals surface area contributed by atoms with E-state index < -0.39 is 35.5 Å². The van der Waals surface area contributed by atoms with Crippen LogP contribution in [0.2, 0.25) is 0 Å². The highest BCUT2D eigenvalue weighted by molar-refractivity contribution is 5.93. The van der Waals surface area contributed by atoms with Crippen molar-refractivity contribution in [3.05, 3.63) is 117 Å². The predicted octanol–water partition coefficient (Wildman–Crippen LogP) is 5.27. The molecule has 9 nitrogen and oxygen atoms in total. The molecule has 0 saturated carbocycles. The van der Waals surface area contributed by atoms with E-state index in [1.165, 1.54) is 51.8 Å². The normalized spacial score (nSPS) is 14.3. The molecule has 1 N–H and O–H groups in total. The number of carbonyl (C=O) groups is 1. The van der Waals surface area contributed by atoms with Crippen molar-refractivity contribution >= 4 is 16.9 Å². The summed E-state index contributed by atoms with van der Waals surface area (Å²) < 4.78 is 59.0. The predicted molar refractivity (Wildman–Crippen MR) is 152 cm³/mol. The number of aromatic carboxylic acids is 1. The van der Waals surface area contributed by atoms with Crippen LogP contribution in [0.3, 0.4) is 0 Å². The minimum atomic E-state index is -1.17. The Morgan fingerprint density at radius 1 is 1.05 bits per heavy atom. The molecule has 1 atom stereocenters. The quantitative estimate of drug-likeness (QED) is 0.245. The smallest absolute Gasteiger partial charge is 0.335 e. The van der Waals surface area contributed by atoms with Crippen molar-refractivity contribution in [2.45, 2.75) is 32.2 Å². The molecule has 44 heavy (non-hydrogen) atoms. The van der Waals surface area contributed by atoms with Crippen LogP contribution < -0.4 is 10.3 Å². The zero-order valence-electron chi connectivity index (χ0n) is 23.0. The summed E-state index contributed by atoms with van der Waals surface area (Å²) in [5.41, 5.74) is 0.0896. The minimum Gasteiger partial charge on any atom is -0.478 e. The van der Waals surface area contributed by atoms with E-state index in [0.717, 1.165) is 24.6 Å². The molecule has 0 aliphatic carbocycles. The zero-order valence-corrected chi connectivity index (χ0v) is 23.0. The molecular formula is C32H23F3N4O5. The summed E-state index contributed by atoms with van der Waals surface area (Å²) in [7, 11) is 0. The van der Waals surface area contributed by atoms with Gasteiger partial charge in [0, 0.05) is 29.4 Å². The van der Waals surface area contributed by atoms with Gasteiger partial charge in [0.05, 0.1) is 53.0 Å². The third-order valence-corrected chi connectivity index (χ3v) is 7.47. The Morgan fingerprint density at radius 2 is 1.82 bits per heavy atom. The fraction of sp³-hybridized carbons (Fsp3) is 0.188. The first-order valence-corrected chi connectivity index (χ1v) is 13.6. The molecule has 5 aromatic rings. The van der Waals surface area contributed by atoms with Crippen LogP contribution in [0, 0.1) is 28.8 Å². The summed E-state index contributed by atoms with van der Waals surface area (Å²) in [6, 6.07) is 16.7. The van der Waals surface area contributed by atoms with E-state index in [2.05, 4.69) is 4.98 Å². The van der Waals surface area contributed by atoms with Crippen LogP contribution >= 0.6 is 0 Å². The first kappa shape index (κ1) is 28.7. The first-order chi connectivity index (χ1) is 21.2. The molecule has 3 heterocycles. The van der Waals surface area contributed by atoms with Crippen LogP contribution in [0.1, 0.15) is 33.5 Å². The standard InChI is InChI=1S/C32H23F3N4O5/c33-25-10-18(14-36)4-5-20(25)17-44-30-3-1-2-28(37-30)21-11-26(34)24(27(35)12-21)16-39-31(40)23-7-6-19(32(41)42)13-29(23)38(39)15-22-8-9-43-22/h1-7,10-13,22H,8-9,15-17H2,(H,41,42). The van der Waals surface area contributed by atoms with Crippen LogP contribution in [-0.2, 0) is 24.4 Å². The van der Waals surface area contributed by atoms with Crippen LogP contribution in [0.4, 0.5) is 13.2 Å². The second kappa shape index (κ2) is 11.7. The number of carboxylic acid groups (broad SMARTS) is 1. The summed E-state index contributed by atoms with van der Waals surface area (Å²) in [6.45, 7) is 0.115. The average molecular weight is 601 g/mol.